The van der Waals surface area contributed by atoms with Gasteiger partial charge in [0.2, 0.25) is 5.91 Å². The minimum Gasteiger partial charge on any atom is -0.469 e. The highest BCUT2D eigenvalue weighted by Crippen LogP contribution is 2.08. The number of rotatable bonds is 6. The average Bonchev–Trinajstić information content (AvgIpc) is 2.40. The third-order valence-electron chi connectivity index (χ3n) is 2.94. The molecule has 0 aromatic heterocycles. The van der Waals surface area contributed by atoms with Crippen LogP contribution in [0.5, 0.6) is 0 Å². The number of carbonyl (C=O) groups excluding carboxylic acids is 2. The van der Waals surface area contributed by atoms with Crippen molar-refractivity contribution in [1.82, 2.24) is 4.90 Å². The van der Waals surface area contributed by atoms with E-state index in [2.05, 4.69) is 10.1 Å². The fourth-order valence-electron chi connectivity index (χ4n) is 1.89. The Labute approximate surface area is 119 Å². The van der Waals surface area contributed by atoms with Crippen LogP contribution in [0.15, 0.2) is 24.3 Å². The molecular weight excluding hydrogens is 256 g/mol. The van der Waals surface area contributed by atoms with E-state index in [1.807, 2.05) is 31.2 Å². The first-order valence-corrected chi connectivity index (χ1v) is 6.55. The van der Waals surface area contributed by atoms with Crippen molar-refractivity contribution < 1.29 is 14.3 Å². The molecule has 1 rings (SSSR count). The van der Waals surface area contributed by atoms with Gasteiger partial charge >= 0.3 is 5.97 Å². The Morgan fingerprint density at radius 2 is 1.90 bits per heavy atom. The molecule has 0 fully saturated rings. The molecule has 1 atom stereocenters. The monoisotopic (exact) mass is 278 g/mol. The second kappa shape index (κ2) is 7.65. The van der Waals surface area contributed by atoms with E-state index in [0.717, 1.165) is 11.3 Å². The lowest BCUT2D eigenvalue weighted by Gasteiger charge is -2.19. The number of esters is 1. The zero-order valence-electron chi connectivity index (χ0n) is 12.5. The first-order chi connectivity index (χ1) is 9.42. The molecule has 0 aliphatic carbocycles. The van der Waals surface area contributed by atoms with E-state index in [-0.39, 0.29) is 24.3 Å². The van der Waals surface area contributed by atoms with E-state index >= 15 is 0 Å². The van der Waals surface area contributed by atoms with Gasteiger partial charge in [-0.05, 0) is 26.1 Å². The number of benzene rings is 1. The molecule has 0 heterocycles. The quantitative estimate of drug-likeness (QED) is 0.804. The summed E-state index contributed by atoms with van der Waals surface area (Å²) in [6, 6.07) is 7.62. The summed E-state index contributed by atoms with van der Waals surface area (Å²) in [5, 5.41) is 2.82. The molecule has 1 aromatic rings. The zero-order valence-corrected chi connectivity index (χ0v) is 12.5. The van der Waals surface area contributed by atoms with E-state index in [1.165, 1.54) is 7.11 Å². The Balaban J connectivity index is 2.41. The van der Waals surface area contributed by atoms with Crippen molar-refractivity contribution in [3.8, 4) is 0 Å². The van der Waals surface area contributed by atoms with Crippen molar-refractivity contribution in [2.24, 2.45) is 5.92 Å². The standard InChI is InChI=1S/C15H22N2O3/c1-11-5-7-13(8-6-11)16-14(18)10-17(3)9-12(2)15(19)20-4/h5-8,12H,9-10H2,1-4H3,(H,16,18). The van der Waals surface area contributed by atoms with Crippen LogP contribution in [0.1, 0.15) is 12.5 Å². The first kappa shape index (κ1) is 16.2. The van der Waals surface area contributed by atoms with E-state index in [1.54, 1.807) is 18.9 Å². The number of aryl methyl sites for hydroxylation is 1. The molecule has 1 N–H and O–H groups in total. The maximum Gasteiger partial charge on any atom is 0.309 e. The zero-order chi connectivity index (χ0) is 15.1. The van der Waals surface area contributed by atoms with Crippen LogP contribution in [-0.4, -0.2) is 44.0 Å². The first-order valence-electron chi connectivity index (χ1n) is 6.55. The van der Waals surface area contributed by atoms with Gasteiger partial charge in [-0.25, -0.2) is 0 Å². The van der Waals surface area contributed by atoms with Crippen molar-refractivity contribution >= 4 is 17.6 Å². The van der Waals surface area contributed by atoms with Crippen molar-refractivity contribution in [3.63, 3.8) is 0 Å². The molecule has 20 heavy (non-hydrogen) atoms. The fourth-order valence-corrected chi connectivity index (χ4v) is 1.89. The number of nitrogens with one attached hydrogen (secondary N) is 1. The summed E-state index contributed by atoms with van der Waals surface area (Å²) in [6.07, 6.45) is 0. The van der Waals surface area contributed by atoms with E-state index in [4.69, 9.17) is 0 Å². The van der Waals surface area contributed by atoms with Gasteiger partial charge in [-0.15, -0.1) is 0 Å². The summed E-state index contributed by atoms with van der Waals surface area (Å²) < 4.78 is 4.66. The molecule has 1 unspecified atom stereocenters. The molecule has 0 aliphatic heterocycles. The van der Waals surface area contributed by atoms with Gasteiger partial charge in [0.15, 0.2) is 0 Å². The third-order valence-corrected chi connectivity index (χ3v) is 2.94. The molecule has 0 saturated heterocycles. The molecule has 0 spiro atoms. The van der Waals surface area contributed by atoms with Crippen molar-refractivity contribution in [2.45, 2.75) is 13.8 Å². The van der Waals surface area contributed by atoms with Crippen molar-refractivity contribution in [1.29, 1.82) is 0 Å². The molecule has 5 heteroatoms. The molecule has 5 nitrogen and oxygen atoms in total. The number of amides is 1. The van der Waals surface area contributed by atoms with Gasteiger partial charge in [0.25, 0.3) is 0 Å². The smallest absolute Gasteiger partial charge is 0.309 e. The summed E-state index contributed by atoms with van der Waals surface area (Å²) in [6.45, 7) is 4.48. The summed E-state index contributed by atoms with van der Waals surface area (Å²) in [4.78, 5) is 25.0. The van der Waals surface area contributed by atoms with Crippen LogP contribution in [0.4, 0.5) is 5.69 Å². The lowest BCUT2D eigenvalue weighted by Crippen LogP contribution is -2.35. The van der Waals surface area contributed by atoms with E-state index < -0.39 is 0 Å². The minimum absolute atomic E-state index is 0.103. The number of ether oxygens (including phenoxy) is 1. The minimum atomic E-state index is -0.268. The number of anilines is 1. The molecule has 0 aliphatic rings. The highest BCUT2D eigenvalue weighted by molar-refractivity contribution is 5.92. The summed E-state index contributed by atoms with van der Waals surface area (Å²) >= 11 is 0. The van der Waals surface area contributed by atoms with Crippen LogP contribution >= 0.6 is 0 Å². The van der Waals surface area contributed by atoms with Gasteiger partial charge in [-0.3, -0.25) is 14.5 Å². The maximum atomic E-state index is 11.9. The number of methoxy groups -OCH3 is 1. The Bertz CT molecular complexity index is 457. The largest absolute Gasteiger partial charge is 0.469 e. The molecular formula is C15H22N2O3. The Morgan fingerprint density at radius 3 is 2.45 bits per heavy atom. The summed E-state index contributed by atoms with van der Waals surface area (Å²) in [5.41, 5.74) is 1.92. The molecule has 1 amide bonds. The average molecular weight is 278 g/mol. The second-order valence-electron chi connectivity index (χ2n) is 5.04. The molecule has 110 valence electrons. The van der Waals surface area contributed by atoms with Gasteiger partial charge in [-0.1, -0.05) is 24.6 Å². The van der Waals surface area contributed by atoms with Gasteiger partial charge < -0.3 is 10.1 Å². The third kappa shape index (κ3) is 5.40. The Morgan fingerprint density at radius 1 is 1.30 bits per heavy atom. The maximum absolute atomic E-state index is 11.9. The van der Waals surface area contributed by atoms with Crippen LogP contribution in [0.2, 0.25) is 0 Å². The SMILES string of the molecule is COC(=O)C(C)CN(C)CC(=O)Nc1ccc(C)cc1. The molecule has 0 radical (unpaired) electrons. The predicted molar refractivity (Wildman–Crippen MR) is 78.5 cm³/mol. The van der Waals surface area contributed by atoms with Gasteiger partial charge in [0.05, 0.1) is 19.6 Å². The number of nitrogens with zero attached hydrogens (tertiary/aromatic N) is 1. The number of hydrogen-bond acceptors (Lipinski definition) is 4. The fraction of sp³-hybridized carbons (Fsp3) is 0.467. The molecule has 0 bridgehead atoms. The number of hydrogen-bond donors (Lipinski definition) is 1. The normalized spacial score (nSPS) is 12.1. The lowest BCUT2D eigenvalue weighted by atomic mass is 10.2. The van der Waals surface area contributed by atoms with Gasteiger partial charge in [-0.2, -0.15) is 0 Å². The van der Waals surface area contributed by atoms with Crippen molar-refractivity contribution in [2.75, 3.05) is 32.6 Å². The highest BCUT2D eigenvalue weighted by Gasteiger charge is 2.16. The topological polar surface area (TPSA) is 58.6 Å². The van der Waals surface area contributed by atoms with Crippen LogP contribution in [0.25, 0.3) is 0 Å². The number of likely N-dealkylation sites (N-methyl/N-ethyl adjacent to an activating group) is 1. The number of carbonyl (C=O) groups is 2. The second-order valence-corrected chi connectivity index (χ2v) is 5.04. The van der Waals surface area contributed by atoms with Gasteiger partial charge in [0.1, 0.15) is 0 Å². The van der Waals surface area contributed by atoms with E-state index in [9.17, 15) is 9.59 Å². The van der Waals surface area contributed by atoms with Crippen LogP contribution < -0.4 is 5.32 Å². The summed E-state index contributed by atoms with van der Waals surface area (Å²) in [5.74, 6) is -0.624. The highest BCUT2D eigenvalue weighted by atomic mass is 16.5. The van der Waals surface area contributed by atoms with Crippen molar-refractivity contribution in [3.05, 3.63) is 29.8 Å². The van der Waals surface area contributed by atoms with Crippen LogP contribution in [0.3, 0.4) is 0 Å². The van der Waals surface area contributed by atoms with Gasteiger partial charge in [0, 0.05) is 12.2 Å². The predicted octanol–water partition coefficient (Wildman–Crippen LogP) is 1.67. The molecule has 0 saturated carbocycles. The Hall–Kier alpha value is -1.88. The molecule has 1 aromatic carbocycles. The Kier molecular flexibility index (Phi) is 6.18. The van der Waals surface area contributed by atoms with E-state index in [0.29, 0.717) is 6.54 Å². The van der Waals surface area contributed by atoms with Crippen LogP contribution in [0, 0.1) is 12.8 Å². The summed E-state index contributed by atoms with van der Waals surface area (Å²) in [7, 11) is 3.16. The lowest BCUT2D eigenvalue weighted by molar-refractivity contribution is -0.145. The van der Waals surface area contributed by atoms with Crippen LogP contribution in [-0.2, 0) is 14.3 Å².